The van der Waals surface area contributed by atoms with Crippen LogP contribution in [-0.2, 0) is 6.54 Å². The fourth-order valence-electron chi connectivity index (χ4n) is 4.96. The third-order valence-corrected chi connectivity index (χ3v) is 6.77. The zero-order chi connectivity index (χ0) is 22.9. The number of nitrogens with zero attached hydrogens (tertiary/aromatic N) is 6. The number of hydrogen-bond donors (Lipinski definition) is 1. The van der Waals surface area contributed by atoms with Crippen LogP contribution in [0, 0.1) is 24.7 Å². The molecule has 174 valence electrons. The van der Waals surface area contributed by atoms with Crippen molar-refractivity contribution >= 4 is 23.4 Å². The lowest BCUT2D eigenvalue weighted by molar-refractivity contribution is 0.370. The van der Waals surface area contributed by atoms with Gasteiger partial charge >= 0.3 is 6.01 Å². The van der Waals surface area contributed by atoms with E-state index in [-0.39, 0.29) is 0 Å². The second-order valence-electron chi connectivity index (χ2n) is 9.52. The summed E-state index contributed by atoms with van der Waals surface area (Å²) in [6.07, 6.45) is 4.04. The van der Waals surface area contributed by atoms with Gasteiger partial charge in [0, 0.05) is 37.4 Å². The molecule has 3 atom stereocenters. The molecule has 0 radical (unpaired) electrons. The maximum atomic E-state index is 6.30. The van der Waals surface area contributed by atoms with Crippen LogP contribution in [-0.4, -0.2) is 43.9 Å². The van der Waals surface area contributed by atoms with Gasteiger partial charge in [0.15, 0.2) is 0 Å². The highest BCUT2D eigenvalue weighted by Gasteiger charge is 2.43. The first-order valence-corrected chi connectivity index (χ1v) is 12.0. The zero-order valence-corrected chi connectivity index (χ0v) is 20.0. The predicted molar refractivity (Wildman–Crippen MR) is 129 cm³/mol. The highest BCUT2D eigenvalue weighted by molar-refractivity contribution is 6.32. The molecule has 8 nitrogen and oxygen atoms in total. The Balaban J connectivity index is 1.33. The maximum absolute atomic E-state index is 6.30. The molecule has 1 aliphatic heterocycles. The van der Waals surface area contributed by atoms with E-state index in [0.29, 0.717) is 53.1 Å². The Morgan fingerprint density at radius 1 is 1.15 bits per heavy atom. The van der Waals surface area contributed by atoms with Crippen molar-refractivity contribution in [3.05, 3.63) is 47.4 Å². The van der Waals surface area contributed by atoms with Crippen LogP contribution in [0.15, 0.2) is 36.7 Å². The number of aryl methyl sites for hydroxylation is 1. The molecule has 1 unspecified atom stereocenters. The Morgan fingerprint density at radius 3 is 2.61 bits per heavy atom. The predicted octanol–water partition coefficient (Wildman–Crippen LogP) is 4.81. The fraction of sp³-hybridized carbons (Fsp3) is 0.500. The van der Waals surface area contributed by atoms with Gasteiger partial charge in [-0.2, -0.15) is 4.98 Å². The number of halogens is 1. The monoisotopic (exact) mass is 467 g/mol. The van der Waals surface area contributed by atoms with E-state index in [0.717, 1.165) is 24.6 Å². The summed E-state index contributed by atoms with van der Waals surface area (Å²) in [4.78, 5) is 15.8. The van der Waals surface area contributed by atoms with Gasteiger partial charge in [0.2, 0.25) is 5.95 Å². The number of hydrogen-bond acceptors (Lipinski definition) is 7. The van der Waals surface area contributed by atoms with E-state index in [1.807, 2.05) is 35.9 Å². The zero-order valence-electron chi connectivity index (χ0n) is 19.3. The number of aromatic nitrogens is 5. The molecule has 0 spiro atoms. The first-order valence-electron chi connectivity index (χ1n) is 11.6. The third kappa shape index (κ3) is 4.76. The molecule has 5 rings (SSSR count). The summed E-state index contributed by atoms with van der Waals surface area (Å²) in [5, 5.41) is 8.95. The highest BCUT2D eigenvalue weighted by Crippen LogP contribution is 2.40. The second-order valence-corrected chi connectivity index (χ2v) is 9.92. The van der Waals surface area contributed by atoms with Crippen LogP contribution in [0.5, 0.6) is 11.8 Å². The number of ether oxygens (including phenoxy) is 1. The van der Waals surface area contributed by atoms with Gasteiger partial charge in [-0.25, -0.2) is 14.6 Å². The molecule has 33 heavy (non-hydrogen) atoms. The summed E-state index contributed by atoms with van der Waals surface area (Å²) in [6.45, 7) is 8.97. The van der Waals surface area contributed by atoms with Crippen LogP contribution < -0.4 is 15.0 Å². The molecule has 2 aromatic heterocycles. The van der Waals surface area contributed by atoms with Crippen LogP contribution in [0.3, 0.4) is 0 Å². The van der Waals surface area contributed by atoms with Gasteiger partial charge in [0.05, 0.1) is 5.02 Å². The SMILES string of the molecule is Cc1cc(N2C[C@H]3CC[C@@H](C2)C3Nc2nc(Oc3ccccc3Cl)n(CC(C)C)n2)ncn1. The summed E-state index contributed by atoms with van der Waals surface area (Å²) in [6, 6.07) is 10.3. The number of fused-ring (bicyclic) bond motifs is 2. The van der Waals surface area contributed by atoms with Crippen LogP contribution in [0.2, 0.25) is 5.02 Å². The van der Waals surface area contributed by atoms with Crippen LogP contribution in [0.4, 0.5) is 11.8 Å². The Bertz CT molecular complexity index is 1100. The fourth-order valence-corrected chi connectivity index (χ4v) is 5.14. The van der Waals surface area contributed by atoms with Crippen molar-refractivity contribution in [3.8, 4) is 11.8 Å². The van der Waals surface area contributed by atoms with E-state index in [1.165, 1.54) is 12.8 Å². The molecule has 2 fully saturated rings. The number of piperidine rings is 1. The van der Waals surface area contributed by atoms with Gasteiger partial charge in [-0.05, 0) is 49.7 Å². The minimum absolute atomic E-state index is 0.340. The van der Waals surface area contributed by atoms with E-state index in [9.17, 15) is 0 Å². The molecule has 1 aliphatic carbocycles. The first kappa shape index (κ1) is 21.9. The molecular formula is C24H30ClN7O. The van der Waals surface area contributed by atoms with Crippen molar-refractivity contribution in [2.45, 2.75) is 46.2 Å². The lowest BCUT2D eigenvalue weighted by Gasteiger charge is -2.38. The van der Waals surface area contributed by atoms with Crippen molar-refractivity contribution in [1.82, 2.24) is 24.7 Å². The molecular weight excluding hydrogens is 438 g/mol. The Labute approximate surface area is 199 Å². The number of anilines is 2. The van der Waals surface area contributed by atoms with Crippen LogP contribution in [0.25, 0.3) is 0 Å². The summed E-state index contributed by atoms with van der Waals surface area (Å²) in [7, 11) is 0. The van der Waals surface area contributed by atoms with Gasteiger partial charge < -0.3 is 15.0 Å². The van der Waals surface area contributed by atoms with Gasteiger partial charge in [-0.1, -0.05) is 37.6 Å². The maximum Gasteiger partial charge on any atom is 0.322 e. The topological polar surface area (TPSA) is 81.0 Å². The van der Waals surface area contributed by atoms with E-state index in [1.54, 1.807) is 6.33 Å². The molecule has 1 N–H and O–H groups in total. The van der Waals surface area contributed by atoms with Crippen molar-refractivity contribution in [1.29, 1.82) is 0 Å². The van der Waals surface area contributed by atoms with Crippen LogP contribution >= 0.6 is 11.6 Å². The summed E-state index contributed by atoms with van der Waals surface area (Å²) in [5.41, 5.74) is 0.999. The summed E-state index contributed by atoms with van der Waals surface area (Å²) in [5.74, 6) is 3.66. The van der Waals surface area contributed by atoms with Gasteiger partial charge in [-0.3, -0.25) is 0 Å². The van der Waals surface area contributed by atoms with Crippen molar-refractivity contribution in [2.24, 2.45) is 17.8 Å². The molecule has 3 aromatic rings. The molecule has 2 bridgehead atoms. The largest absolute Gasteiger partial charge is 0.423 e. The van der Waals surface area contributed by atoms with E-state index < -0.39 is 0 Å². The average molecular weight is 468 g/mol. The minimum Gasteiger partial charge on any atom is -0.423 e. The average Bonchev–Trinajstić information content (AvgIpc) is 3.24. The van der Waals surface area contributed by atoms with Crippen molar-refractivity contribution in [3.63, 3.8) is 0 Å². The number of benzene rings is 1. The highest BCUT2D eigenvalue weighted by atomic mass is 35.5. The van der Waals surface area contributed by atoms with Gasteiger partial charge in [0.1, 0.15) is 17.9 Å². The Hall–Kier alpha value is -2.87. The van der Waals surface area contributed by atoms with E-state index in [2.05, 4.69) is 40.1 Å². The van der Waals surface area contributed by atoms with Gasteiger partial charge in [-0.15, -0.1) is 5.10 Å². The Morgan fingerprint density at radius 2 is 1.91 bits per heavy atom. The number of rotatable bonds is 7. The van der Waals surface area contributed by atoms with Gasteiger partial charge in [0.25, 0.3) is 0 Å². The number of para-hydroxylation sites is 1. The van der Waals surface area contributed by atoms with Crippen LogP contribution in [0.1, 0.15) is 32.4 Å². The second kappa shape index (κ2) is 9.17. The van der Waals surface area contributed by atoms with Crippen molar-refractivity contribution in [2.75, 3.05) is 23.3 Å². The smallest absolute Gasteiger partial charge is 0.322 e. The molecule has 1 saturated carbocycles. The number of nitrogens with one attached hydrogen (secondary N) is 1. The molecule has 2 aliphatic rings. The summed E-state index contributed by atoms with van der Waals surface area (Å²) >= 11 is 6.30. The normalized spacial score (nSPS) is 22.1. The molecule has 1 aromatic carbocycles. The lowest BCUT2D eigenvalue weighted by atomic mass is 9.92. The van der Waals surface area contributed by atoms with E-state index >= 15 is 0 Å². The first-order chi connectivity index (χ1) is 16.0. The minimum atomic E-state index is 0.340. The van der Waals surface area contributed by atoms with E-state index in [4.69, 9.17) is 26.4 Å². The molecule has 1 saturated heterocycles. The third-order valence-electron chi connectivity index (χ3n) is 6.46. The summed E-state index contributed by atoms with van der Waals surface area (Å²) < 4.78 is 7.89. The molecule has 9 heteroatoms. The lowest BCUT2D eigenvalue weighted by Crippen LogP contribution is -2.48. The van der Waals surface area contributed by atoms with Crippen molar-refractivity contribution < 1.29 is 4.74 Å². The quantitative estimate of drug-likeness (QED) is 0.534. The Kier molecular flexibility index (Phi) is 6.10. The standard InChI is InChI=1S/C24H30ClN7O/c1-15(2)11-32-24(33-20-7-5-4-6-19(20)25)29-23(30-32)28-22-17-8-9-18(22)13-31(12-17)21-10-16(3)26-14-27-21/h4-7,10,14-15,17-18,22H,8-9,11-13H2,1-3H3,(H,28,30)/t17-,18+,22?. The molecule has 0 amide bonds. The molecule has 3 heterocycles.